The maximum atomic E-state index is 4.46. The molecule has 90 valence electrons. The van der Waals surface area contributed by atoms with Gasteiger partial charge in [-0.15, -0.1) is 11.3 Å². The van der Waals surface area contributed by atoms with Crippen LogP contribution in [0.1, 0.15) is 40.8 Å². The van der Waals surface area contributed by atoms with Crippen molar-refractivity contribution in [1.29, 1.82) is 0 Å². The van der Waals surface area contributed by atoms with Crippen LogP contribution in [0.3, 0.4) is 0 Å². The molecule has 0 spiro atoms. The molecule has 0 aliphatic heterocycles. The van der Waals surface area contributed by atoms with E-state index in [1.54, 1.807) is 0 Å². The molecular formula is C15H19NS. The molecule has 0 N–H and O–H groups in total. The summed E-state index contributed by atoms with van der Waals surface area (Å²) in [5, 5.41) is 1.25. The molecule has 1 nitrogen and oxygen atoms in total. The van der Waals surface area contributed by atoms with E-state index in [2.05, 4.69) is 50.0 Å². The molecule has 2 rings (SSSR count). The normalized spacial score (nSPS) is 11.1. The van der Waals surface area contributed by atoms with E-state index in [1.807, 2.05) is 17.5 Å². The van der Waals surface area contributed by atoms with Crippen molar-refractivity contribution in [2.24, 2.45) is 0 Å². The highest BCUT2D eigenvalue weighted by molar-refractivity contribution is 7.11. The Hall–Kier alpha value is -1.15. The van der Waals surface area contributed by atoms with Gasteiger partial charge in [0.15, 0.2) is 0 Å². The third kappa shape index (κ3) is 3.40. The van der Waals surface area contributed by atoms with Crippen molar-refractivity contribution in [2.75, 3.05) is 0 Å². The highest BCUT2D eigenvalue weighted by Gasteiger charge is 2.05. The predicted octanol–water partition coefficient (Wildman–Crippen LogP) is 4.36. The lowest BCUT2D eigenvalue weighted by atomic mass is 10.1. The lowest BCUT2D eigenvalue weighted by Crippen LogP contribution is -1.89. The topological polar surface area (TPSA) is 12.9 Å². The number of hydrogen-bond acceptors (Lipinski definition) is 2. The average Bonchev–Trinajstić information content (AvgIpc) is 2.75. The number of hydrogen-bond donors (Lipinski definition) is 0. The maximum absolute atomic E-state index is 4.46. The number of aromatic nitrogens is 1. The molecule has 0 saturated carbocycles. The van der Waals surface area contributed by atoms with Gasteiger partial charge >= 0.3 is 0 Å². The molecule has 0 aliphatic carbocycles. The molecule has 1 heterocycles. The highest BCUT2D eigenvalue weighted by atomic mass is 32.1. The second kappa shape index (κ2) is 5.46. The fourth-order valence-electron chi connectivity index (χ4n) is 1.84. The maximum Gasteiger partial charge on any atom is 0.0953 e. The van der Waals surface area contributed by atoms with Crippen LogP contribution in [0.5, 0.6) is 0 Å². The van der Waals surface area contributed by atoms with Crippen molar-refractivity contribution in [1.82, 2.24) is 4.98 Å². The van der Waals surface area contributed by atoms with Crippen molar-refractivity contribution in [3.05, 3.63) is 51.5 Å². The minimum absolute atomic E-state index is 0.549. The van der Waals surface area contributed by atoms with Crippen LogP contribution in [0.4, 0.5) is 0 Å². The Labute approximate surface area is 108 Å². The zero-order valence-electron chi connectivity index (χ0n) is 10.7. The molecule has 0 unspecified atom stereocenters. The SMILES string of the molecule is Cc1cccc(CCc2cnc(C(C)C)s2)c1. The second-order valence-corrected chi connectivity index (χ2v) is 5.96. The molecule has 2 heteroatoms. The molecule has 17 heavy (non-hydrogen) atoms. The van der Waals surface area contributed by atoms with Crippen LogP contribution >= 0.6 is 11.3 Å². The molecule has 0 aliphatic rings. The molecule has 1 aromatic carbocycles. The Bertz CT molecular complexity index is 485. The minimum atomic E-state index is 0.549. The van der Waals surface area contributed by atoms with Crippen molar-refractivity contribution in [3.8, 4) is 0 Å². The summed E-state index contributed by atoms with van der Waals surface area (Å²) in [5.74, 6) is 0.549. The summed E-state index contributed by atoms with van der Waals surface area (Å²) in [5.41, 5.74) is 2.76. The lowest BCUT2D eigenvalue weighted by Gasteiger charge is -2.01. The fourth-order valence-corrected chi connectivity index (χ4v) is 2.76. The zero-order chi connectivity index (χ0) is 12.3. The Balaban J connectivity index is 1.97. The molecule has 0 atom stereocenters. The summed E-state index contributed by atoms with van der Waals surface area (Å²) in [6, 6.07) is 8.76. The Morgan fingerprint density at radius 1 is 1.24 bits per heavy atom. The zero-order valence-corrected chi connectivity index (χ0v) is 11.6. The second-order valence-electron chi connectivity index (χ2n) is 4.81. The third-order valence-corrected chi connectivity index (χ3v) is 4.17. The number of thiazole rings is 1. The van der Waals surface area contributed by atoms with Gasteiger partial charge in [0.1, 0.15) is 0 Å². The van der Waals surface area contributed by atoms with Gasteiger partial charge in [0.25, 0.3) is 0 Å². The minimum Gasteiger partial charge on any atom is -0.249 e. The van der Waals surface area contributed by atoms with Gasteiger partial charge in [-0.3, -0.25) is 0 Å². The van der Waals surface area contributed by atoms with E-state index in [4.69, 9.17) is 0 Å². The van der Waals surface area contributed by atoms with Crippen LogP contribution in [0, 0.1) is 6.92 Å². The number of aryl methyl sites for hydroxylation is 3. The van der Waals surface area contributed by atoms with Crippen LogP contribution in [0.2, 0.25) is 0 Å². The molecular weight excluding hydrogens is 226 g/mol. The van der Waals surface area contributed by atoms with E-state index in [1.165, 1.54) is 21.0 Å². The summed E-state index contributed by atoms with van der Waals surface area (Å²) in [6.45, 7) is 6.54. The summed E-state index contributed by atoms with van der Waals surface area (Å²) >= 11 is 1.85. The molecule has 0 saturated heterocycles. The molecule has 0 radical (unpaired) electrons. The summed E-state index contributed by atoms with van der Waals surface area (Å²) in [4.78, 5) is 5.86. The quantitative estimate of drug-likeness (QED) is 0.780. The number of nitrogens with zero attached hydrogens (tertiary/aromatic N) is 1. The smallest absolute Gasteiger partial charge is 0.0953 e. The summed E-state index contributed by atoms with van der Waals surface area (Å²) in [7, 11) is 0. The van der Waals surface area contributed by atoms with Crippen LogP contribution in [-0.4, -0.2) is 4.98 Å². The van der Waals surface area contributed by atoms with E-state index in [-0.39, 0.29) is 0 Å². The first kappa shape index (κ1) is 12.3. The number of benzene rings is 1. The van der Waals surface area contributed by atoms with E-state index < -0.39 is 0 Å². The van der Waals surface area contributed by atoms with Crippen molar-refractivity contribution >= 4 is 11.3 Å². The van der Waals surface area contributed by atoms with Crippen LogP contribution < -0.4 is 0 Å². The highest BCUT2D eigenvalue weighted by Crippen LogP contribution is 2.22. The van der Waals surface area contributed by atoms with Crippen LogP contribution in [0.25, 0.3) is 0 Å². The van der Waals surface area contributed by atoms with Gasteiger partial charge in [-0.2, -0.15) is 0 Å². The molecule has 0 bridgehead atoms. The van der Waals surface area contributed by atoms with Crippen LogP contribution in [0.15, 0.2) is 30.5 Å². The van der Waals surface area contributed by atoms with Crippen molar-refractivity contribution in [2.45, 2.75) is 39.5 Å². The predicted molar refractivity (Wildman–Crippen MR) is 74.8 cm³/mol. The fraction of sp³-hybridized carbons (Fsp3) is 0.400. The van der Waals surface area contributed by atoms with Gasteiger partial charge in [-0.1, -0.05) is 43.7 Å². The molecule has 1 aromatic heterocycles. The standard InChI is InChI=1S/C15H19NS/c1-11(2)15-16-10-14(17-15)8-7-13-6-4-5-12(3)9-13/h4-6,9-11H,7-8H2,1-3H3. The van der Waals surface area contributed by atoms with Gasteiger partial charge in [-0.25, -0.2) is 4.98 Å². The average molecular weight is 245 g/mol. The van der Waals surface area contributed by atoms with Gasteiger partial charge < -0.3 is 0 Å². The van der Waals surface area contributed by atoms with Gasteiger partial charge in [-0.05, 0) is 25.3 Å². The first-order valence-corrected chi connectivity index (χ1v) is 6.97. The molecule has 0 fully saturated rings. The van der Waals surface area contributed by atoms with E-state index >= 15 is 0 Å². The number of rotatable bonds is 4. The Morgan fingerprint density at radius 3 is 2.71 bits per heavy atom. The van der Waals surface area contributed by atoms with Crippen LogP contribution in [-0.2, 0) is 12.8 Å². The largest absolute Gasteiger partial charge is 0.249 e. The van der Waals surface area contributed by atoms with E-state index in [9.17, 15) is 0 Å². The van der Waals surface area contributed by atoms with Gasteiger partial charge in [0.05, 0.1) is 5.01 Å². The van der Waals surface area contributed by atoms with E-state index in [0.717, 1.165) is 12.8 Å². The summed E-state index contributed by atoms with van der Waals surface area (Å²) < 4.78 is 0. The van der Waals surface area contributed by atoms with E-state index in [0.29, 0.717) is 5.92 Å². The lowest BCUT2D eigenvalue weighted by molar-refractivity contribution is 0.852. The molecule has 2 aromatic rings. The Kier molecular flexibility index (Phi) is 3.95. The van der Waals surface area contributed by atoms with Crippen molar-refractivity contribution in [3.63, 3.8) is 0 Å². The molecule has 0 amide bonds. The monoisotopic (exact) mass is 245 g/mol. The first-order chi connectivity index (χ1) is 8.15. The summed E-state index contributed by atoms with van der Waals surface area (Å²) in [6.07, 6.45) is 4.26. The third-order valence-electron chi connectivity index (χ3n) is 2.81. The first-order valence-electron chi connectivity index (χ1n) is 6.15. The van der Waals surface area contributed by atoms with Gasteiger partial charge in [0.2, 0.25) is 0 Å². The van der Waals surface area contributed by atoms with Gasteiger partial charge in [0, 0.05) is 17.0 Å². The Morgan fingerprint density at radius 2 is 2.06 bits per heavy atom. The van der Waals surface area contributed by atoms with Crippen molar-refractivity contribution < 1.29 is 0 Å².